The van der Waals surface area contributed by atoms with Crippen molar-refractivity contribution in [2.45, 2.75) is 0 Å². The van der Waals surface area contributed by atoms with Crippen LogP contribution in [0.15, 0.2) is 24.3 Å². The van der Waals surface area contributed by atoms with Gasteiger partial charge < -0.3 is 0 Å². The Hall–Kier alpha value is -0.550. The maximum atomic E-state index is 11.0. The van der Waals surface area contributed by atoms with E-state index < -0.39 is 5.91 Å². The average molecular weight is 203 g/mol. The van der Waals surface area contributed by atoms with E-state index in [0.29, 0.717) is 10.6 Å². The molecule has 1 amide bonds. The SMILES string of the molecule is O=C([N+]OS)c1ccccc1Cl. The van der Waals surface area contributed by atoms with Crippen LogP contribution in [-0.2, 0) is 4.28 Å². The summed E-state index contributed by atoms with van der Waals surface area (Å²) in [4.78, 5) is 11.0. The third-order valence-electron chi connectivity index (χ3n) is 1.23. The van der Waals surface area contributed by atoms with Crippen LogP contribution in [0.5, 0.6) is 0 Å². The molecule has 1 aromatic rings. The summed E-state index contributed by atoms with van der Waals surface area (Å²) in [6.07, 6.45) is 0. The molecule has 0 unspecified atom stereocenters. The molecule has 0 bridgehead atoms. The normalized spacial score (nSPS) is 9.83. The van der Waals surface area contributed by atoms with Crippen molar-refractivity contribution < 1.29 is 9.08 Å². The summed E-state index contributed by atoms with van der Waals surface area (Å²) in [6, 6.07) is 6.57. The Bertz CT molecular complexity index is 292. The van der Waals surface area contributed by atoms with Gasteiger partial charge >= 0.3 is 11.4 Å². The van der Waals surface area contributed by atoms with Crippen molar-refractivity contribution in [1.29, 1.82) is 0 Å². The summed E-state index contributed by atoms with van der Waals surface area (Å²) in [5.41, 5.74) is 3.40. The number of benzene rings is 1. The first-order valence-corrected chi connectivity index (χ1v) is 3.80. The fourth-order valence-electron chi connectivity index (χ4n) is 0.721. The zero-order valence-corrected chi connectivity index (χ0v) is 7.55. The molecule has 2 radical (unpaired) electrons. The van der Waals surface area contributed by atoms with E-state index in [-0.39, 0.29) is 0 Å². The zero-order valence-electron chi connectivity index (χ0n) is 5.90. The molecule has 12 heavy (non-hydrogen) atoms. The van der Waals surface area contributed by atoms with E-state index >= 15 is 0 Å². The highest BCUT2D eigenvalue weighted by molar-refractivity contribution is 7.75. The van der Waals surface area contributed by atoms with Gasteiger partial charge in [0.15, 0.2) is 0 Å². The lowest BCUT2D eigenvalue weighted by molar-refractivity contribution is 0.0787. The highest BCUT2D eigenvalue weighted by Crippen LogP contribution is 2.14. The van der Waals surface area contributed by atoms with Gasteiger partial charge in [-0.2, -0.15) is 0 Å². The third kappa shape index (κ3) is 2.22. The number of nitrogens with zero attached hydrogens (tertiary/aromatic N) is 1. The number of rotatable bonds is 2. The van der Waals surface area contributed by atoms with E-state index in [1.807, 2.05) is 0 Å². The standard InChI is InChI=1S/C7H5ClNO2S/c8-6-4-2-1-3-5(6)7(10)9-11-12/h1-4,12H/q+1. The minimum absolute atomic E-state index is 0.299. The molecule has 0 aliphatic heterocycles. The predicted octanol–water partition coefficient (Wildman–Crippen LogP) is 1.86. The van der Waals surface area contributed by atoms with Gasteiger partial charge in [-0.1, -0.05) is 23.7 Å². The van der Waals surface area contributed by atoms with Crippen LogP contribution in [0.4, 0.5) is 0 Å². The minimum atomic E-state index is -0.546. The lowest BCUT2D eigenvalue weighted by Gasteiger charge is -1.90. The molecule has 3 nitrogen and oxygen atoms in total. The molecule has 0 spiro atoms. The first kappa shape index (κ1) is 9.54. The Balaban J connectivity index is 2.87. The van der Waals surface area contributed by atoms with Crippen LogP contribution in [-0.4, -0.2) is 5.91 Å². The minimum Gasteiger partial charge on any atom is -0.208 e. The number of halogens is 1. The van der Waals surface area contributed by atoms with Crippen molar-refractivity contribution in [3.05, 3.63) is 34.9 Å². The third-order valence-corrected chi connectivity index (χ3v) is 1.64. The number of hydroxylamine groups is 1. The molecule has 0 aromatic heterocycles. The lowest BCUT2D eigenvalue weighted by Crippen LogP contribution is -2.12. The van der Waals surface area contributed by atoms with Gasteiger partial charge in [-0.3, -0.25) is 0 Å². The van der Waals surface area contributed by atoms with Gasteiger partial charge in [0, 0.05) is 0 Å². The van der Waals surface area contributed by atoms with Crippen LogP contribution in [0.3, 0.4) is 0 Å². The molecule has 0 saturated heterocycles. The van der Waals surface area contributed by atoms with Crippen LogP contribution >= 0.6 is 24.5 Å². The van der Waals surface area contributed by atoms with E-state index in [9.17, 15) is 4.79 Å². The van der Waals surface area contributed by atoms with Gasteiger partial charge in [0.2, 0.25) is 0 Å². The van der Waals surface area contributed by atoms with Crippen LogP contribution in [0.1, 0.15) is 10.4 Å². The quantitative estimate of drug-likeness (QED) is 0.452. The first-order valence-electron chi connectivity index (χ1n) is 3.06. The van der Waals surface area contributed by atoms with Gasteiger partial charge in [-0.15, -0.1) is 0 Å². The number of hydrogen-bond acceptors (Lipinski definition) is 3. The largest absolute Gasteiger partial charge is 0.505 e. The predicted molar refractivity (Wildman–Crippen MR) is 48.0 cm³/mol. The number of hydrogen-bond donors (Lipinski definition) is 1. The van der Waals surface area contributed by atoms with E-state index in [1.165, 1.54) is 0 Å². The highest BCUT2D eigenvalue weighted by atomic mass is 35.5. The summed E-state index contributed by atoms with van der Waals surface area (Å²) in [5, 5.41) is 0.344. The zero-order chi connectivity index (χ0) is 8.97. The van der Waals surface area contributed by atoms with E-state index in [4.69, 9.17) is 11.6 Å². The summed E-state index contributed by atoms with van der Waals surface area (Å²) in [7, 11) is 0. The Morgan fingerprint density at radius 2 is 2.17 bits per heavy atom. The van der Waals surface area contributed by atoms with Gasteiger partial charge in [0.25, 0.3) is 0 Å². The van der Waals surface area contributed by atoms with Crippen molar-refractivity contribution in [2.24, 2.45) is 0 Å². The van der Waals surface area contributed by atoms with Crippen molar-refractivity contribution >= 4 is 30.4 Å². The second-order valence-electron chi connectivity index (χ2n) is 1.96. The molecule has 0 aliphatic rings. The topological polar surface area (TPSA) is 40.4 Å². The van der Waals surface area contributed by atoms with Gasteiger partial charge in [0.05, 0.1) is 17.9 Å². The fourth-order valence-corrected chi connectivity index (χ4v) is 1.01. The van der Waals surface area contributed by atoms with Crippen molar-refractivity contribution in [3.8, 4) is 0 Å². The molecule has 0 saturated carbocycles. The van der Waals surface area contributed by atoms with Gasteiger partial charge in [-0.05, 0) is 16.4 Å². The van der Waals surface area contributed by atoms with Crippen molar-refractivity contribution in [3.63, 3.8) is 0 Å². The Morgan fingerprint density at radius 1 is 1.50 bits per heavy atom. The molecule has 62 valence electrons. The summed E-state index contributed by atoms with van der Waals surface area (Å²) in [6.45, 7) is 0. The van der Waals surface area contributed by atoms with Gasteiger partial charge in [0.1, 0.15) is 5.56 Å². The van der Waals surface area contributed by atoms with Crippen LogP contribution in [0.2, 0.25) is 5.02 Å². The van der Waals surface area contributed by atoms with Crippen LogP contribution in [0, 0.1) is 0 Å². The average Bonchev–Trinajstić information content (AvgIpc) is 2.05. The Morgan fingerprint density at radius 3 is 2.75 bits per heavy atom. The molecule has 1 aromatic carbocycles. The maximum absolute atomic E-state index is 11.0. The Kier molecular flexibility index (Phi) is 3.55. The van der Waals surface area contributed by atoms with E-state index in [0.717, 1.165) is 0 Å². The van der Waals surface area contributed by atoms with Crippen molar-refractivity contribution in [1.82, 2.24) is 5.48 Å². The van der Waals surface area contributed by atoms with Crippen molar-refractivity contribution in [2.75, 3.05) is 0 Å². The number of amides is 1. The molecule has 0 atom stereocenters. The van der Waals surface area contributed by atoms with Gasteiger partial charge in [-0.25, -0.2) is 4.79 Å². The molecule has 0 fully saturated rings. The first-order chi connectivity index (χ1) is 5.75. The lowest BCUT2D eigenvalue weighted by atomic mass is 10.2. The summed E-state index contributed by atoms with van der Waals surface area (Å²) >= 11 is 9.01. The number of carbonyl (C=O) groups excluding carboxylic acids is 1. The van der Waals surface area contributed by atoms with E-state index in [1.54, 1.807) is 24.3 Å². The smallest absolute Gasteiger partial charge is 0.208 e. The molecule has 0 N–H and O–H groups in total. The summed E-state index contributed by atoms with van der Waals surface area (Å²) in [5.74, 6) is -0.546. The fraction of sp³-hybridized carbons (Fsp3) is 0. The molecular formula is C7H5ClNO2S+. The second kappa shape index (κ2) is 4.47. The maximum Gasteiger partial charge on any atom is 0.505 e. The van der Waals surface area contributed by atoms with Crippen LogP contribution in [0.25, 0.3) is 0 Å². The molecule has 0 heterocycles. The second-order valence-corrected chi connectivity index (χ2v) is 2.53. The molecular weight excluding hydrogens is 198 g/mol. The van der Waals surface area contributed by atoms with E-state index in [2.05, 4.69) is 22.7 Å². The number of carbonyl (C=O) groups is 1. The molecule has 0 aliphatic carbocycles. The monoisotopic (exact) mass is 202 g/mol. The molecule has 5 heteroatoms. The highest BCUT2D eigenvalue weighted by Gasteiger charge is 2.25. The molecule has 1 rings (SSSR count). The Labute approximate surface area is 80.2 Å². The number of thiol groups is 1. The summed E-state index contributed by atoms with van der Waals surface area (Å²) < 4.78 is 4.02. The van der Waals surface area contributed by atoms with Crippen LogP contribution < -0.4 is 5.48 Å².